The summed E-state index contributed by atoms with van der Waals surface area (Å²) in [7, 11) is 0. The van der Waals surface area contributed by atoms with Crippen LogP contribution < -0.4 is 0 Å². The molecule has 0 aromatic carbocycles. The number of ketones is 2. The molecular weight excluding hydrogens is 477 g/mol. The maximum atomic E-state index is 11.0. The minimum atomic E-state index is -0.385. The minimum Gasteiger partial charge on any atom is -0.512 e. The van der Waals surface area contributed by atoms with Gasteiger partial charge in [0.2, 0.25) is 0 Å². The smallest absolute Gasteiger partial charge is 0.512 e. The van der Waals surface area contributed by atoms with Crippen LogP contribution in [0.4, 0.5) is 0 Å². The van der Waals surface area contributed by atoms with Gasteiger partial charge in [-0.3, -0.25) is 9.59 Å². The van der Waals surface area contributed by atoms with Crippen LogP contribution in [-0.2, 0) is 29.1 Å². The summed E-state index contributed by atoms with van der Waals surface area (Å²) >= 11 is 0. The van der Waals surface area contributed by atoms with E-state index < -0.39 is 0 Å². The van der Waals surface area contributed by atoms with Gasteiger partial charge in [0, 0.05) is 23.0 Å². The predicted molar refractivity (Wildman–Crippen MR) is 131 cm³/mol. The van der Waals surface area contributed by atoms with Crippen molar-refractivity contribution in [2.45, 2.75) is 81.1 Å². The van der Waals surface area contributed by atoms with Gasteiger partial charge in [-0.05, 0) is 39.5 Å². The number of rotatable bonds is 2. The molecule has 0 heterocycles. The van der Waals surface area contributed by atoms with Gasteiger partial charge >= 0.3 is 19.5 Å². The van der Waals surface area contributed by atoms with Gasteiger partial charge < -0.3 is 25.1 Å². The molecule has 0 saturated heterocycles. The zero-order valence-corrected chi connectivity index (χ0v) is 23.1. The summed E-state index contributed by atoms with van der Waals surface area (Å²) < 4.78 is 0. The minimum absolute atomic E-state index is 0. The van der Waals surface area contributed by atoms with E-state index in [2.05, 4.69) is 24.3 Å². The molecule has 0 saturated carbocycles. The zero-order chi connectivity index (χ0) is 22.4. The zero-order valence-electron chi connectivity index (χ0n) is 21.4. The van der Waals surface area contributed by atoms with Crippen LogP contribution in [0.5, 0.6) is 0 Å². The van der Waals surface area contributed by atoms with Gasteiger partial charge in [-0.25, -0.2) is 0 Å². The Balaban J connectivity index is -0.000000104. The first kappa shape index (κ1) is 39.9. The van der Waals surface area contributed by atoms with Gasteiger partial charge in [0.25, 0.3) is 0 Å². The maximum absolute atomic E-state index is 11.0. The number of aliphatic hydroxyl groups is 2. The predicted octanol–water partition coefficient (Wildman–Crippen LogP) is 7.70. The summed E-state index contributed by atoms with van der Waals surface area (Å²) in [5.74, 6) is 0.0415. The van der Waals surface area contributed by atoms with Crippen LogP contribution in [0.2, 0.25) is 0 Å². The van der Waals surface area contributed by atoms with E-state index in [0.29, 0.717) is 0 Å². The van der Waals surface area contributed by atoms with Gasteiger partial charge in [-0.1, -0.05) is 65.8 Å². The van der Waals surface area contributed by atoms with E-state index in [4.69, 9.17) is 10.2 Å². The van der Waals surface area contributed by atoms with Gasteiger partial charge in [0.15, 0.2) is 11.6 Å². The van der Waals surface area contributed by atoms with Gasteiger partial charge in [0.1, 0.15) is 0 Å². The summed E-state index contributed by atoms with van der Waals surface area (Å²) in [6.07, 6.45) is 16.5. The van der Waals surface area contributed by atoms with E-state index in [9.17, 15) is 9.59 Å². The summed E-state index contributed by atoms with van der Waals surface area (Å²) in [4.78, 5) is 22.1. The maximum Gasteiger partial charge on any atom is 2.00 e. The Morgan fingerprint density at radius 1 is 0.645 bits per heavy atom. The molecular formula is C26H46O4Ru. The molecule has 0 bridgehead atoms. The van der Waals surface area contributed by atoms with E-state index in [1.807, 2.05) is 41.5 Å². The first-order chi connectivity index (χ1) is 12.7. The van der Waals surface area contributed by atoms with Crippen molar-refractivity contribution in [3.63, 3.8) is 0 Å². The normalized spacial score (nSPS) is 14.8. The third-order valence-electron chi connectivity index (χ3n) is 3.49. The Bertz CT molecular complexity index is 524. The molecule has 2 N–H and O–H groups in total. The van der Waals surface area contributed by atoms with Crippen molar-refractivity contribution in [3.05, 3.63) is 62.8 Å². The van der Waals surface area contributed by atoms with E-state index in [-0.39, 0.29) is 68.2 Å². The van der Waals surface area contributed by atoms with Gasteiger partial charge in [-0.2, -0.15) is 0 Å². The van der Waals surface area contributed by atoms with Crippen molar-refractivity contribution < 1.29 is 39.3 Å². The Morgan fingerprint density at radius 3 is 0.935 bits per heavy atom. The summed E-state index contributed by atoms with van der Waals surface area (Å²) in [6.45, 7) is 13.9. The molecule has 1 aliphatic rings. The Kier molecular flexibility index (Phi) is 26.3. The fourth-order valence-electron chi connectivity index (χ4n) is 1.67. The Labute approximate surface area is 205 Å². The summed E-state index contributed by atoms with van der Waals surface area (Å²) in [5.41, 5.74) is -0.770. The molecule has 0 fully saturated rings. The van der Waals surface area contributed by atoms with Crippen molar-refractivity contribution in [3.8, 4) is 0 Å². The van der Waals surface area contributed by atoms with Gasteiger partial charge in [0.05, 0.1) is 11.5 Å². The average molecular weight is 524 g/mol. The molecule has 0 aromatic heterocycles. The van der Waals surface area contributed by atoms with Crippen LogP contribution in [-0.4, -0.2) is 21.8 Å². The van der Waals surface area contributed by atoms with Crippen molar-refractivity contribution in [2.75, 3.05) is 0 Å². The van der Waals surface area contributed by atoms with Gasteiger partial charge in [-0.15, -0.1) is 0 Å². The average Bonchev–Trinajstić information content (AvgIpc) is 2.44. The molecule has 5 heteroatoms. The number of carbonyl (C=O) groups is 2. The molecule has 182 valence electrons. The first-order valence-corrected chi connectivity index (χ1v) is 9.81. The standard InChI is InChI=1S/2C8H14O2.C8H12.2CH3.Ru/c2*1-6(9)5-7(10)8(2,3)4;1-2-4-6-8-7-5-3-1;;;/h2*5,9H,1-4H3;1-2,7-8H,3-6H2;2*1H3;/q;;;2*-1;+2/b;;2-1-,8-7?;;;. The van der Waals surface area contributed by atoms with Crippen LogP contribution >= 0.6 is 0 Å². The van der Waals surface area contributed by atoms with Crippen molar-refractivity contribution in [1.82, 2.24) is 0 Å². The van der Waals surface area contributed by atoms with Crippen molar-refractivity contribution >= 4 is 11.6 Å². The van der Waals surface area contributed by atoms with Crippen LogP contribution in [0, 0.1) is 25.7 Å². The second kappa shape index (κ2) is 20.4. The number of carbonyl (C=O) groups excluding carboxylic acids is 2. The second-order valence-electron chi connectivity index (χ2n) is 8.90. The molecule has 1 aliphatic carbocycles. The number of aliphatic hydroxyl groups excluding tert-OH is 2. The number of allylic oxidation sites excluding steroid dienone is 8. The topological polar surface area (TPSA) is 74.6 Å². The second-order valence-corrected chi connectivity index (χ2v) is 8.90. The molecule has 4 nitrogen and oxygen atoms in total. The Hall–Kier alpha value is -1.48. The summed E-state index contributed by atoms with van der Waals surface area (Å²) in [6, 6.07) is 0. The first-order valence-electron chi connectivity index (χ1n) is 9.81. The number of hydrogen-bond donors (Lipinski definition) is 2. The monoisotopic (exact) mass is 524 g/mol. The van der Waals surface area contributed by atoms with Crippen LogP contribution in [0.1, 0.15) is 81.1 Å². The molecule has 0 atom stereocenters. The molecule has 31 heavy (non-hydrogen) atoms. The third kappa shape index (κ3) is 28.5. The van der Waals surface area contributed by atoms with Crippen LogP contribution in [0.15, 0.2) is 48.0 Å². The van der Waals surface area contributed by atoms with Crippen LogP contribution in [0.3, 0.4) is 0 Å². The molecule has 1 rings (SSSR count). The summed E-state index contributed by atoms with van der Waals surface area (Å²) in [5, 5.41) is 17.5. The largest absolute Gasteiger partial charge is 2.00 e. The molecule has 0 unspecified atom stereocenters. The number of hydrogen-bond acceptors (Lipinski definition) is 4. The van der Waals surface area contributed by atoms with E-state index in [0.717, 1.165) is 0 Å². The molecule has 0 aromatic rings. The van der Waals surface area contributed by atoms with Crippen LogP contribution in [0.25, 0.3) is 0 Å². The third-order valence-corrected chi connectivity index (χ3v) is 3.49. The SMILES string of the molecule is C1=CCC/C=C\CC1.CC(O)=CC(=O)C(C)(C)C.CC(O)=CC(=O)C(C)(C)C.[CH3-].[CH3-].[Ru+2]. The molecule has 0 amide bonds. The fourth-order valence-corrected chi connectivity index (χ4v) is 1.67. The molecule has 0 spiro atoms. The van der Waals surface area contributed by atoms with E-state index in [1.54, 1.807) is 0 Å². The van der Waals surface area contributed by atoms with E-state index in [1.165, 1.54) is 51.7 Å². The van der Waals surface area contributed by atoms with Crippen molar-refractivity contribution in [2.24, 2.45) is 10.8 Å². The molecule has 0 radical (unpaired) electrons. The van der Waals surface area contributed by atoms with Crippen molar-refractivity contribution in [1.29, 1.82) is 0 Å². The molecule has 0 aliphatic heterocycles. The Morgan fingerprint density at radius 2 is 0.839 bits per heavy atom. The fraction of sp³-hybridized carbons (Fsp3) is 0.538. The quantitative estimate of drug-likeness (QED) is 0.128. The van der Waals surface area contributed by atoms with E-state index >= 15 is 0 Å².